The average molecular weight is 306 g/mol. The fraction of sp³-hybridized carbons (Fsp3) is 0.429. The Morgan fingerprint density at radius 3 is 1.70 bits per heavy atom. The zero-order valence-electron chi connectivity index (χ0n) is 11.7. The first-order valence-electron chi connectivity index (χ1n) is 6.99. The molecule has 0 aliphatic carbocycles. The molecule has 0 saturated carbocycles. The van der Waals surface area contributed by atoms with Gasteiger partial charge >= 0.3 is 0 Å². The Morgan fingerprint density at radius 1 is 0.850 bits per heavy atom. The normalized spacial score (nSPS) is 11.3. The lowest BCUT2D eigenvalue weighted by Gasteiger charge is -1.96. The molecule has 106 valence electrons. The van der Waals surface area contributed by atoms with Crippen molar-refractivity contribution in [1.82, 2.24) is 9.97 Å². The van der Waals surface area contributed by atoms with Crippen molar-refractivity contribution in [3.05, 3.63) is 12.1 Å². The summed E-state index contributed by atoms with van der Waals surface area (Å²) in [6, 6.07) is 4.29. The SMILES string of the molecule is CCCNc1nc2cc3sc(NCCC)nc3cc2s1. The highest BCUT2D eigenvalue weighted by Gasteiger charge is 2.09. The first-order valence-corrected chi connectivity index (χ1v) is 8.62. The smallest absolute Gasteiger partial charge is 0.183 e. The van der Waals surface area contributed by atoms with E-state index >= 15 is 0 Å². The molecule has 2 heterocycles. The minimum Gasteiger partial charge on any atom is -0.361 e. The maximum Gasteiger partial charge on any atom is 0.183 e. The Labute approximate surface area is 126 Å². The van der Waals surface area contributed by atoms with Crippen LogP contribution in [-0.2, 0) is 0 Å². The van der Waals surface area contributed by atoms with Gasteiger partial charge in [-0.1, -0.05) is 36.5 Å². The molecule has 0 radical (unpaired) electrons. The van der Waals surface area contributed by atoms with Gasteiger partial charge in [0.2, 0.25) is 0 Å². The molecule has 0 aliphatic heterocycles. The van der Waals surface area contributed by atoms with Gasteiger partial charge in [0.15, 0.2) is 10.3 Å². The maximum absolute atomic E-state index is 4.64. The molecule has 0 spiro atoms. The summed E-state index contributed by atoms with van der Waals surface area (Å²) in [5, 5.41) is 8.70. The molecular weight excluding hydrogens is 288 g/mol. The van der Waals surface area contributed by atoms with Gasteiger partial charge in [0, 0.05) is 13.1 Å². The molecule has 2 aromatic heterocycles. The van der Waals surface area contributed by atoms with Gasteiger partial charge in [0.05, 0.1) is 20.4 Å². The van der Waals surface area contributed by atoms with Crippen LogP contribution in [-0.4, -0.2) is 23.1 Å². The number of thiazole rings is 2. The Balaban J connectivity index is 1.93. The summed E-state index contributed by atoms with van der Waals surface area (Å²) in [5.74, 6) is 0. The van der Waals surface area contributed by atoms with E-state index in [-0.39, 0.29) is 0 Å². The molecule has 6 heteroatoms. The molecule has 0 aliphatic rings. The number of nitrogens with zero attached hydrogens (tertiary/aromatic N) is 2. The number of hydrogen-bond donors (Lipinski definition) is 2. The summed E-state index contributed by atoms with van der Waals surface area (Å²) in [7, 11) is 0. The second-order valence-electron chi connectivity index (χ2n) is 4.68. The van der Waals surface area contributed by atoms with Crippen molar-refractivity contribution in [3.63, 3.8) is 0 Å². The predicted molar refractivity (Wildman–Crippen MR) is 90.4 cm³/mol. The fourth-order valence-electron chi connectivity index (χ4n) is 1.96. The highest BCUT2D eigenvalue weighted by molar-refractivity contribution is 7.23. The summed E-state index contributed by atoms with van der Waals surface area (Å²) in [5.41, 5.74) is 2.12. The molecule has 20 heavy (non-hydrogen) atoms. The van der Waals surface area contributed by atoms with Gasteiger partial charge in [0.25, 0.3) is 0 Å². The van der Waals surface area contributed by atoms with E-state index in [1.807, 2.05) is 0 Å². The van der Waals surface area contributed by atoms with E-state index in [0.29, 0.717) is 0 Å². The van der Waals surface area contributed by atoms with Gasteiger partial charge in [-0.25, -0.2) is 9.97 Å². The number of benzene rings is 1. The van der Waals surface area contributed by atoms with Crippen molar-refractivity contribution in [2.75, 3.05) is 23.7 Å². The van der Waals surface area contributed by atoms with Crippen LogP contribution in [0.3, 0.4) is 0 Å². The summed E-state index contributed by atoms with van der Waals surface area (Å²) >= 11 is 3.40. The van der Waals surface area contributed by atoms with Gasteiger partial charge in [-0.2, -0.15) is 0 Å². The fourth-order valence-corrected chi connectivity index (χ4v) is 3.78. The predicted octanol–water partition coefficient (Wildman–Crippen LogP) is 4.55. The first kappa shape index (κ1) is 13.6. The number of rotatable bonds is 6. The highest BCUT2D eigenvalue weighted by atomic mass is 32.1. The summed E-state index contributed by atoms with van der Waals surface area (Å²) in [4.78, 5) is 9.28. The zero-order chi connectivity index (χ0) is 13.9. The van der Waals surface area contributed by atoms with Crippen molar-refractivity contribution in [2.24, 2.45) is 0 Å². The van der Waals surface area contributed by atoms with Crippen LogP contribution in [0, 0.1) is 0 Å². The van der Waals surface area contributed by atoms with E-state index in [4.69, 9.17) is 0 Å². The van der Waals surface area contributed by atoms with E-state index in [1.165, 1.54) is 9.40 Å². The van der Waals surface area contributed by atoms with Crippen molar-refractivity contribution in [2.45, 2.75) is 26.7 Å². The first-order chi connectivity index (χ1) is 9.80. The molecule has 4 nitrogen and oxygen atoms in total. The minimum absolute atomic E-state index is 0.970. The molecular formula is C14H18N4S2. The lowest BCUT2D eigenvalue weighted by molar-refractivity contribution is 0.977. The third-order valence-electron chi connectivity index (χ3n) is 2.95. The molecule has 3 rings (SSSR count). The van der Waals surface area contributed by atoms with Gasteiger partial charge < -0.3 is 10.6 Å². The third kappa shape index (κ3) is 2.71. The topological polar surface area (TPSA) is 49.8 Å². The largest absolute Gasteiger partial charge is 0.361 e. The summed E-state index contributed by atoms with van der Waals surface area (Å²) in [6.45, 7) is 6.26. The molecule has 0 atom stereocenters. The maximum atomic E-state index is 4.64. The quantitative estimate of drug-likeness (QED) is 0.701. The highest BCUT2D eigenvalue weighted by Crippen LogP contribution is 2.33. The minimum atomic E-state index is 0.970. The van der Waals surface area contributed by atoms with Crippen LogP contribution in [0.5, 0.6) is 0 Å². The summed E-state index contributed by atoms with van der Waals surface area (Å²) < 4.78 is 2.40. The number of nitrogens with one attached hydrogen (secondary N) is 2. The third-order valence-corrected chi connectivity index (χ3v) is 4.90. The lowest BCUT2D eigenvalue weighted by atomic mass is 10.3. The average Bonchev–Trinajstić information content (AvgIpc) is 3.01. The standard InChI is InChI=1S/C14H18N4S2/c1-3-5-15-13-17-9-7-12-10(8-11(9)19-13)18-14(20-12)16-6-4-2/h7-8H,3-6H2,1-2H3,(H,15,17)(H,16,18). The van der Waals surface area contributed by atoms with E-state index in [1.54, 1.807) is 22.7 Å². The summed E-state index contributed by atoms with van der Waals surface area (Å²) in [6.07, 6.45) is 2.22. The molecule has 2 N–H and O–H groups in total. The number of anilines is 2. The number of aromatic nitrogens is 2. The van der Waals surface area contributed by atoms with Crippen LogP contribution < -0.4 is 10.6 Å². The van der Waals surface area contributed by atoms with E-state index < -0.39 is 0 Å². The van der Waals surface area contributed by atoms with Crippen molar-refractivity contribution in [1.29, 1.82) is 0 Å². The Hall–Kier alpha value is -1.40. The van der Waals surface area contributed by atoms with E-state index in [9.17, 15) is 0 Å². The zero-order valence-corrected chi connectivity index (χ0v) is 13.3. The molecule has 0 amide bonds. The van der Waals surface area contributed by atoms with Crippen molar-refractivity contribution in [3.8, 4) is 0 Å². The van der Waals surface area contributed by atoms with E-state index in [2.05, 4.69) is 46.6 Å². The number of hydrogen-bond acceptors (Lipinski definition) is 6. The number of fused-ring (bicyclic) bond motifs is 2. The van der Waals surface area contributed by atoms with Crippen LogP contribution in [0.1, 0.15) is 26.7 Å². The molecule has 0 bridgehead atoms. The second-order valence-corrected chi connectivity index (χ2v) is 6.74. The lowest BCUT2D eigenvalue weighted by Crippen LogP contribution is -1.98. The molecule has 0 unspecified atom stereocenters. The van der Waals surface area contributed by atoms with Crippen LogP contribution in [0.25, 0.3) is 20.4 Å². The van der Waals surface area contributed by atoms with Crippen LogP contribution >= 0.6 is 22.7 Å². The van der Waals surface area contributed by atoms with Gasteiger partial charge in [-0.05, 0) is 25.0 Å². The van der Waals surface area contributed by atoms with Crippen molar-refractivity contribution < 1.29 is 0 Å². The monoisotopic (exact) mass is 306 g/mol. The Bertz CT molecular complexity index is 608. The van der Waals surface area contributed by atoms with Crippen molar-refractivity contribution >= 4 is 53.4 Å². The van der Waals surface area contributed by atoms with Crippen LogP contribution in [0.2, 0.25) is 0 Å². The van der Waals surface area contributed by atoms with Crippen LogP contribution in [0.15, 0.2) is 12.1 Å². The van der Waals surface area contributed by atoms with Gasteiger partial charge in [-0.15, -0.1) is 0 Å². The van der Waals surface area contributed by atoms with Crippen LogP contribution in [0.4, 0.5) is 10.3 Å². The molecule has 3 aromatic rings. The molecule has 0 saturated heterocycles. The Kier molecular flexibility index (Phi) is 4.03. The molecule has 1 aromatic carbocycles. The van der Waals surface area contributed by atoms with Gasteiger partial charge in [0.1, 0.15) is 0 Å². The van der Waals surface area contributed by atoms with Gasteiger partial charge in [-0.3, -0.25) is 0 Å². The Morgan fingerprint density at radius 2 is 1.30 bits per heavy atom. The second kappa shape index (κ2) is 5.93. The molecule has 0 fully saturated rings. The van der Waals surface area contributed by atoms with E-state index in [0.717, 1.165) is 47.2 Å².